The van der Waals surface area contributed by atoms with Crippen molar-refractivity contribution < 1.29 is 0 Å². The summed E-state index contributed by atoms with van der Waals surface area (Å²) in [4.78, 5) is 0. The number of rotatable bonds is 1. The fourth-order valence-electron chi connectivity index (χ4n) is 6.52. The first-order valence-corrected chi connectivity index (χ1v) is 13.2. The van der Waals surface area contributed by atoms with E-state index < -0.39 is 0 Å². The highest BCUT2D eigenvalue weighted by atomic mass is 32.1. The fourth-order valence-corrected chi connectivity index (χ4v) is 7.64. The summed E-state index contributed by atoms with van der Waals surface area (Å²) in [5.74, 6) is 0. The third-order valence-electron chi connectivity index (χ3n) is 7.94. The highest BCUT2D eigenvalue weighted by Gasteiger charge is 2.26. The summed E-state index contributed by atoms with van der Waals surface area (Å²) in [5.41, 5.74) is 9.19. The first-order chi connectivity index (χ1) is 17.9. The van der Waals surface area contributed by atoms with Gasteiger partial charge in [-0.1, -0.05) is 84.9 Å². The van der Waals surface area contributed by atoms with Gasteiger partial charge in [0.1, 0.15) is 0 Å². The van der Waals surface area contributed by atoms with E-state index in [4.69, 9.17) is 0 Å². The second kappa shape index (κ2) is 6.63. The van der Waals surface area contributed by atoms with Crippen LogP contribution in [0.15, 0.2) is 115 Å². The molecule has 0 spiro atoms. The van der Waals surface area contributed by atoms with Crippen molar-refractivity contribution in [2.45, 2.75) is 0 Å². The van der Waals surface area contributed by atoms with Crippen LogP contribution in [0.5, 0.6) is 0 Å². The van der Waals surface area contributed by atoms with Gasteiger partial charge >= 0.3 is 0 Å². The lowest BCUT2D eigenvalue weighted by Gasteiger charge is -2.13. The Bertz CT molecular complexity index is 2160. The Morgan fingerprint density at radius 1 is 0.417 bits per heavy atom. The van der Waals surface area contributed by atoms with E-state index >= 15 is 0 Å². The molecule has 0 saturated carbocycles. The highest BCUT2D eigenvalue weighted by molar-refractivity contribution is 7.26. The lowest BCUT2D eigenvalue weighted by molar-refractivity contribution is 1.20. The minimum atomic E-state index is 1.24. The minimum Gasteiger partial charge on any atom is -0.309 e. The first-order valence-electron chi connectivity index (χ1n) is 12.4. The summed E-state index contributed by atoms with van der Waals surface area (Å²) in [6.45, 7) is 0. The van der Waals surface area contributed by atoms with E-state index in [0.717, 1.165) is 0 Å². The van der Waals surface area contributed by atoms with Crippen molar-refractivity contribution in [2.75, 3.05) is 0 Å². The smallest absolute Gasteiger partial charge is 0.0541 e. The van der Waals surface area contributed by atoms with Gasteiger partial charge in [-0.15, -0.1) is 11.3 Å². The molecule has 0 radical (unpaired) electrons. The van der Waals surface area contributed by atoms with Gasteiger partial charge in [-0.3, -0.25) is 0 Å². The van der Waals surface area contributed by atoms with Crippen molar-refractivity contribution >= 4 is 64.1 Å². The Morgan fingerprint density at radius 3 is 1.89 bits per heavy atom. The highest BCUT2D eigenvalue weighted by Crippen LogP contribution is 2.54. The van der Waals surface area contributed by atoms with E-state index in [0.29, 0.717) is 0 Å². The van der Waals surface area contributed by atoms with Gasteiger partial charge in [0.15, 0.2) is 0 Å². The average molecular weight is 474 g/mol. The molecule has 0 saturated heterocycles. The largest absolute Gasteiger partial charge is 0.309 e. The van der Waals surface area contributed by atoms with E-state index in [2.05, 4.69) is 120 Å². The zero-order valence-corrected chi connectivity index (χ0v) is 20.1. The molecule has 36 heavy (non-hydrogen) atoms. The second-order valence-corrected chi connectivity index (χ2v) is 10.8. The monoisotopic (exact) mass is 473 g/mol. The van der Waals surface area contributed by atoms with Crippen LogP contribution in [0.2, 0.25) is 0 Å². The van der Waals surface area contributed by atoms with Crippen molar-refractivity contribution in [1.29, 1.82) is 0 Å². The molecule has 0 bridgehead atoms. The number of fused-ring (bicyclic) bond motifs is 10. The third-order valence-corrected chi connectivity index (χ3v) is 9.08. The molecule has 8 aromatic rings. The second-order valence-electron chi connectivity index (χ2n) is 9.69. The Labute approximate surface area is 211 Å². The number of nitrogens with zero attached hydrogens (tertiary/aromatic N) is 1. The molecule has 9 rings (SSSR count). The third kappa shape index (κ3) is 2.21. The normalized spacial score (nSPS) is 12.4. The van der Waals surface area contributed by atoms with Gasteiger partial charge < -0.3 is 4.57 Å². The molecule has 2 aromatic heterocycles. The quantitative estimate of drug-likeness (QED) is 0.223. The van der Waals surface area contributed by atoms with Gasteiger partial charge in [0.2, 0.25) is 0 Å². The maximum absolute atomic E-state index is 2.45. The summed E-state index contributed by atoms with van der Waals surface area (Å²) in [7, 11) is 0. The molecule has 2 heteroatoms. The van der Waals surface area contributed by atoms with Crippen LogP contribution in [0.1, 0.15) is 0 Å². The van der Waals surface area contributed by atoms with Crippen molar-refractivity contribution in [2.24, 2.45) is 0 Å². The topological polar surface area (TPSA) is 4.93 Å². The van der Waals surface area contributed by atoms with Crippen LogP contribution in [0.25, 0.3) is 80.7 Å². The Hall–Kier alpha value is -4.40. The number of para-hydroxylation sites is 2. The number of hydrogen-bond acceptors (Lipinski definition) is 1. The standard InChI is InChI=1S/C34H19NS/c1-4-13-27-20(8-1)21-9-2-5-14-28(21)35(27)29-18-16-26-32-22(11-7-12-24(29)32)23-17-19-31-34(33(23)26)25-10-3-6-15-30(25)36-31/h1-19H. The van der Waals surface area contributed by atoms with Gasteiger partial charge in [-0.2, -0.15) is 0 Å². The lowest BCUT2D eigenvalue weighted by atomic mass is 9.98. The van der Waals surface area contributed by atoms with Gasteiger partial charge in [0.25, 0.3) is 0 Å². The molecule has 0 aliphatic heterocycles. The van der Waals surface area contributed by atoms with Gasteiger partial charge in [-0.05, 0) is 58.0 Å². The summed E-state index contributed by atoms with van der Waals surface area (Å²) in [5, 5.41) is 8.03. The Balaban J connectivity index is 1.44. The van der Waals surface area contributed by atoms with Gasteiger partial charge in [0.05, 0.1) is 16.7 Å². The fraction of sp³-hybridized carbons (Fsp3) is 0. The molecule has 0 N–H and O–H groups in total. The van der Waals surface area contributed by atoms with Crippen LogP contribution in [-0.4, -0.2) is 4.57 Å². The Kier molecular flexibility index (Phi) is 3.47. The van der Waals surface area contributed by atoms with Crippen LogP contribution in [0.4, 0.5) is 0 Å². The van der Waals surface area contributed by atoms with E-state index in [1.807, 2.05) is 11.3 Å². The molecule has 0 amide bonds. The van der Waals surface area contributed by atoms with Crippen LogP contribution < -0.4 is 0 Å². The van der Waals surface area contributed by atoms with E-state index in [1.54, 1.807) is 0 Å². The number of thiophene rings is 1. The summed E-state index contributed by atoms with van der Waals surface area (Å²) in [6, 6.07) is 42.5. The van der Waals surface area contributed by atoms with Crippen molar-refractivity contribution in [3.63, 3.8) is 0 Å². The molecule has 0 unspecified atom stereocenters. The first kappa shape index (κ1) is 18.9. The molecular formula is C34H19NS. The van der Waals surface area contributed by atoms with Crippen LogP contribution in [-0.2, 0) is 0 Å². The molecule has 0 atom stereocenters. The summed E-state index contributed by atoms with van der Waals surface area (Å²) in [6.07, 6.45) is 0. The predicted octanol–water partition coefficient (Wildman–Crippen LogP) is 9.95. The summed E-state index contributed by atoms with van der Waals surface area (Å²) >= 11 is 1.90. The maximum Gasteiger partial charge on any atom is 0.0541 e. The molecule has 1 aliphatic carbocycles. The van der Waals surface area contributed by atoms with E-state index in [9.17, 15) is 0 Å². The van der Waals surface area contributed by atoms with Crippen LogP contribution >= 0.6 is 11.3 Å². The zero-order chi connectivity index (χ0) is 23.4. The minimum absolute atomic E-state index is 1.24. The maximum atomic E-state index is 2.45. The Morgan fingerprint density at radius 2 is 1.08 bits per heavy atom. The molecule has 166 valence electrons. The van der Waals surface area contributed by atoms with Gasteiger partial charge in [-0.25, -0.2) is 0 Å². The molecule has 1 nitrogen and oxygen atoms in total. The van der Waals surface area contributed by atoms with Crippen LogP contribution in [0.3, 0.4) is 0 Å². The molecule has 6 aromatic carbocycles. The predicted molar refractivity (Wildman–Crippen MR) is 156 cm³/mol. The lowest BCUT2D eigenvalue weighted by Crippen LogP contribution is -1.95. The van der Waals surface area contributed by atoms with Crippen LogP contribution in [0, 0.1) is 0 Å². The SMILES string of the molecule is c1ccc2c(c1)sc1ccc3c(c12)-c1ccc(-n2c4ccccc4c4ccccc42)c2cccc-3c12. The molecule has 2 heterocycles. The van der Waals surface area contributed by atoms with Crippen molar-refractivity contribution in [3.8, 4) is 27.9 Å². The number of hydrogen-bond donors (Lipinski definition) is 0. The number of aromatic nitrogens is 1. The number of benzene rings is 6. The van der Waals surface area contributed by atoms with E-state index in [1.165, 1.54) is 80.7 Å². The average Bonchev–Trinajstić information content (AvgIpc) is 3.58. The molecular weight excluding hydrogens is 454 g/mol. The zero-order valence-electron chi connectivity index (χ0n) is 19.3. The van der Waals surface area contributed by atoms with Crippen molar-refractivity contribution in [1.82, 2.24) is 4.57 Å². The summed E-state index contributed by atoms with van der Waals surface area (Å²) < 4.78 is 5.17. The molecule has 1 aliphatic rings. The molecule has 0 fully saturated rings. The van der Waals surface area contributed by atoms with E-state index in [-0.39, 0.29) is 0 Å². The van der Waals surface area contributed by atoms with Crippen molar-refractivity contribution in [3.05, 3.63) is 115 Å². The van der Waals surface area contributed by atoms with Gasteiger partial charge in [0, 0.05) is 36.3 Å².